The minimum absolute atomic E-state index is 0.0672. The summed E-state index contributed by atoms with van der Waals surface area (Å²) >= 11 is 1.42. The minimum atomic E-state index is -0.415. The number of nitrogens with zero attached hydrogens (tertiary/aromatic N) is 7. The average molecular weight is 403 g/mol. The smallest absolute Gasteiger partial charge is 0.269 e. The zero-order valence-electron chi connectivity index (χ0n) is 14.9. The van der Waals surface area contributed by atoms with E-state index in [2.05, 4.69) is 20.3 Å². The maximum Gasteiger partial charge on any atom is 0.269 e. The van der Waals surface area contributed by atoms with E-state index in [1.807, 2.05) is 41.0 Å². The molecular formula is C19H13N7O2S. The first kappa shape index (κ1) is 17.2. The third-order valence-electron chi connectivity index (χ3n) is 4.43. The van der Waals surface area contributed by atoms with Crippen molar-refractivity contribution in [3.8, 4) is 0 Å². The number of fused-ring (bicyclic) bond motifs is 2. The predicted molar refractivity (Wildman–Crippen MR) is 110 cm³/mol. The molecule has 0 aliphatic carbocycles. The summed E-state index contributed by atoms with van der Waals surface area (Å²) in [5, 5.41) is 24.5. The summed E-state index contributed by atoms with van der Waals surface area (Å²) in [4.78, 5) is 15.4. The van der Waals surface area contributed by atoms with Gasteiger partial charge in [-0.25, -0.2) is 4.98 Å². The van der Waals surface area contributed by atoms with E-state index in [-0.39, 0.29) is 5.69 Å². The molecule has 142 valence electrons. The molecule has 0 amide bonds. The van der Waals surface area contributed by atoms with Crippen LogP contribution >= 0.6 is 11.3 Å². The van der Waals surface area contributed by atoms with Crippen LogP contribution in [0.3, 0.4) is 0 Å². The third-order valence-corrected chi connectivity index (χ3v) is 5.30. The van der Waals surface area contributed by atoms with Crippen LogP contribution in [-0.4, -0.2) is 34.3 Å². The Morgan fingerprint density at radius 2 is 1.90 bits per heavy atom. The van der Waals surface area contributed by atoms with Crippen molar-refractivity contribution in [2.75, 3.05) is 0 Å². The van der Waals surface area contributed by atoms with Gasteiger partial charge in [0.25, 0.3) is 5.69 Å². The third kappa shape index (κ3) is 3.25. The van der Waals surface area contributed by atoms with Gasteiger partial charge in [-0.05, 0) is 35.9 Å². The number of benzene rings is 2. The van der Waals surface area contributed by atoms with Crippen molar-refractivity contribution < 1.29 is 4.92 Å². The van der Waals surface area contributed by atoms with Gasteiger partial charge in [0.1, 0.15) is 5.01 Å². The summed E-state index contributed by atoms with van der Waals surface area (Å²) in [5.41, 5.74) is 2.88. The van der Waals surface area contributed by atoms with Crippen LogP contribution in [0, 0.1) is 10.1 Å². The van der Waals surface area contributed by atoms with Gasteiger partial charge in [0.2, 0.25) is 4.96 Å². The van der Waals surface area contributed by atoms with E-state index < -0.39 is 4.92 Å². The van der Waals surface area contributed by atoms with Crippen molar-refractivity contribution in [2.24, 2.45) is 0 Å². The van der Waals surface area contributed by atoms with E-state index in [1.54, 1.807) is 23.0 Å². The number of rotatable bonds is 5. The normalized spacial score (nSPS) is 11.7. The fraction of sp³-hybridized carbons (Fsp3) is 0.0526. The number of para-hydroxylation sites is 2. The maximum atomic E-state index is 10.7. The number of non-ortho nitro benzene ring substituents is 1. The first-order chi connectivity index (χ1) is 14.2. The Kier molecular flexibility index (Phi) is 4.10. The second-order valence-corrected chi connectivity index (χ2v) is 7.28. The van der Waals surface area contributed by atoms with Crippen LogP contribution < -0.4 is 0 Å². The predicted octanol–water partition coefficient (Wildman–Crippen LogP) is 3.66. The van der Waals surface area contributed by atoms with Gasteiger partial charge in [0, 0.05) is 12.1 Å². The monoisotopic (exact) mass is 403 g/mol. The SMILES string of the molecule is O=[N+]([O-])c1ccc(/C=C/c2nn3c(Cn4cnc5ccccc54)nnc3s2)cc1. The van der Waals surface area contributed by atoms with Crippen molar-refractivity contribution in [1.29, 1.82) is 0 Å². The van der Waals surface area contributed by atoms with Crippen molar-refractivity contribution in [2.45, 2.75) is 6.54 Å². The number of hydrogen-bond acceptors (Lipinski definition) is 7. The lowest BCUT2D eigenvalue weighted by Crippen LogP contribution is -2.04. The summed E-state index contributed by atoms with van der Waals surface area (Å²) < 4.78 is 3.74. The molecule has 5 rings (SSSR count). The Balaban J connectivity index is 1.40. The molecule has 9 nitrogen and oxygen atoms in total. The first-order valence-corrected chi connectivity index (χ1v) is 9.52. The summed E-state index contributed by atoms with van der Waals surface area (Å²) in [5.74, 6) is 0.717. The van der Waals surface area contributed by atoms with Gasteiger partial charge in [0.15, 0.2) is 5.82 Å². The molecule has 0 saturated heterocycles. The number of nitro groups is 1. The molecule has 0 unspecified atom stereocenters. The maximum absolute atomic E-state index is 10.7. The molecular weight excluding hydrogens is 390 g/mol. The van der Waals surface area contributed by atoms with Crippen molar-refractivity contribution in [3.05, 3.63) is 81.4 Å². The molecule has 2 aromatic carbocycles. The van der Waals surface area contributed by atoms with E-state index in [9.17, 15) is 10.1 Å². The van der Waals surface area contributed by atoms with Crippen LogP contribution in [0.4, 0.5) is 5.69 Å². The molecule has 5 aromatic rings. The highest BCUT2D eigenvalue weighted by Crippen LogP contribution is 2.19. The highest BCUT2D eigenvalue weighted by molar-refractivity contribution is 7.17. The van der Waals surface area contributed by atoms with Gasteiger partial charge in [-0.1, -0.05) is 29.5 Å². The van der Waals surface area contributed by atoms with Gasteiger partial charge in [-0.2, -0.15) is 9.61 Å². The molecule has 10 heteroatoms. The molecule has 0 N–H and O–H groups in total. The molecule has 0 atom stereocenters. The Morgan fingerprint density at radius 3 is 2.72 bits per heavy atom. The van der Waals surface area contributed by atoms with Crippen molar-refractivity contribution in [1.82, 2.24) is 29.4 Å². The Morgan fingerprint density at radius 1 is 1.07 bits per heavy atom. The first-order valence-electron chi connectivity index (χ1n) is 8.71. The standard InChI is InChI=1S/C19H13N7O2S/c27-26(28)14-8-5-13(6-9-14)7-10-18-23-25-17(21-22-19(25)29-18)11-24-12-20-15-3-1-2-4-16(15)24/h1-10,12H,11H2/b10-7+. The topological polar surface area (TPSA) is 104 Å². The van der Waals surface area contributed by atoms with Gasteiger partial charge < -0.3 is 4.57 Å². The van der Waals surface area contributed by atoms with Gasteiger partial charge >= 0.3 is 0 Å². The number of nitro benzene ring substituents is 1. The van der Waals surface area contributed by atoms with Crippen molar-refractivity contribution >= 4 is 45.2 Å². The molecule has 0 spiro atoms. The molecule has 3 aromatic heterocycles. The van der Waals surface area contributed by atoms with Crippen LogP contribution in [0.5, 0.6) is 0 Å². The van der Waals surface area contributed by atoms with Crippen LogP contribution in [-0.2, 0) is 6.54 Å². The Labute approximate surface area is 167 Å². The van der Waals surface area contributed by atoms with Crippen LogP contribution in [0.15, 0.2) is 54.9 Å². The molecule has 0 saturated carbocycles. The highest BCUT2D eigenvalue weighted by Gasteiger charge is 2.12. The van der Waals surface area contributed by atoms with Crippen LogP contribution in [0.2, 0.25) is 0 Å². The molecule has 0 fully saturated rings. The van der Waals surface area contributed by atoms with Gasteiger partial charge in [-0.15, -0.1) is 10.2 Å². The number of hydrogen-bond donors (Lipinski definition) is 0. The fourth-order valence-electron chi connectivity index (χ4n) is 3.00. The highest BCUT2D eigenvalue weighted by atomic mass is 32.1. The van der Waals surface area contributed by atoms with E-state index in [1.165, 1.54) is 23.5 Å². The average Bonchev–Trinajstić information content (AvgIpc) is 3.43. The minimum Gasteiger partial charge on any atom is -0.323 e. The summed E-state index contributed by atoms with van der Waals surface area (Å²) in [6.07, 6.45) is 5.50. The van der Waals surface area contributed by atoms with Gasteiger partial charge in [0.05, 0.1) is 28.8 Å². The van der Waals surface area contributed by atoms with E-state index in [4.69, 9.17) is 0 Å². The molecule has 0 aliphatic rings. The zero-order valence-corrected chi connectivity index (χ0v) is 15.7. The summed E-state index contributed by atoms with van der Waals surface area (Å²) in [6.45, 7) is 0.511. The molecule has 29 heavy (non-hydrogen) atoms. The summed E-state index contributed by atoms with van der Waals surface area (Å²) in [6, 6.07) is 14.3. The largest absolute Gasteiger partial charge is 0.323 e. The molecule has 0 radical (unpaired) electrons. The summed E-state index contributed by atoms with van der Waals surface area (Å²) in [7, 11) is 0. The second-order valence-electron chi connectivity index (χ2n) is 6.29. The van der Waals surface area contributed by atoms with E-state index in [0.29, 0.717) is 11.5 Å². The number of aromatic nitrogens is 6. The molecule has 3 heterocycles. The number of imidazole rings is 1. The zero-order chi connectivity index (χ0) is 19.8. The molecule has 0 aliphatic heterocycles. The second kappa shape index (κ2) is 6.91. The van der Waals surface area contributed by atoms with Crippen molar-refractivity contribution in [3.63, 3.8) is 0 Å². The van der Waals surface area contributed by atoms with E-state index >= 15 is 0 Å². The van der Waals surface area contributed by atoms with Gasteiger partial charge in [-0.3, -0.25) is 10.1 Å². The Hall–Kier alpha value is -3.92. The van der Waals surface area contributed by atoms with E-state index in [0.717, 1.165) is 27.4 Å². The van der Waals surface area contributed by atoms with Crippen LogP contribution in [0.25, 0.3) is 28.1 Å². The Bertz CT molecular complexity index is 1360. The fourth-order valence-corrected chi connectivity index (χ4v) is 3.76. The lowest BCUT2D eigenvalue weighted by molar-refractivity contribution is -0.384. The lowest BCUT2D eigenvalue weighted by Gasteiger charge is -2.01. The lowest BCUT2D eigenvalue weighted by atomic mass is 10.2. The quantitative estimate of drug-likeness (QED) is 0.328. The van der Waals surface area contributed by atoms with Crippen LogP contribution in [0.1, 0.15) is 16.4 Å². The molecule has 0 bridgehead atoms.